The van der Waals surface area contributed by atoms with Crippen LogP contribution in [0.4, 0.5) is 4.39 Å². The van der Waals surface area contributed by atoms with Crippen LogP contribution >= 0.6 is 23.2 Å². The number of ether oxygens (including phenoxy) is 1. The summed E-state index contributed by atoms with van der Waals surface area (Å²) in [5.41, 5.74) is 1.30. The van der Waals surface area contributed by atoms with Crippen LogP contribution in [0.25, 0.3) is 0 Å². The first kappa shape index (κ1) is 15.6. The Bertz CT molecular complexity index is 702. The number of aryl methyl sites for hydroxylation is 1. The van der Waals surface area contributed by atoms with Crippen LogP contribution in [0, 0.1) is 12.7 Å². The molecule has 0 heterocycles. The zero-order valence-electron chi connectivity index (χ0n) is 11.0. The largest absolute Gasteiger partial charge is 0.486 e. The first-order chi connectivity index (χ1) is 9.88. The van der Waals surface area contributed by atoms with Crippen LogP contribution in [0.3, 0.4) is 0 Å². The van der Waals surface area contributed by atoms with Gasteiger partial charge in [0.05, 0.1) is 5.02 Å². The molecule has 1 N–H and O–H groups in total. The molecule has 0 spiro atoms. The summed E-state index contributed by atoms with van der Waals surface area (Å²) in [4.78, 5) is 11.2. The van der Waals surface area contributed by atoms with E-state index in [9.17, 15) is 9.18 Å². The van der Waals surface area contributed by atoms with E-state index in [2.05, 4.69) is 0 Å². The van der Waals surface area contributed by atoms with Gasteiger partial charge in [-0.05, 0) is 42.3 Å². The maximum atomic E-state index is 13.2. The van der Waals surface area contributed by atoms with Crippen LogP contribution in [-0.4, -0.2) is 11.1 Å². The Kier molecular flexibility index (Phi) is 4.70. The number of hydrogen-bond acceptors (Lipinski definition) is 2. The second-order valence-electron chi connectivity index (χ2n) is 4.43. The standard InChI is InChI=1S/C15H11Cl2FO3/c1-8-2-3-11(18)4-9(8)7-21-14-12(15(19)20)5-10(16)6-13(14)17/h2-6H,7H2,1H3,(H,19,20). The maximum Gasteiger partial charge on any atom is 0.339 e. The summed E-state index contributed by atoms with van der Waals surface area (Å²) >= 11 is 11.7. The molecule has 0 fully saturated rings. The van der Waals surface area contributed by atoms with Gasteiger partial charge < -0.3 is 9.84 Å². The third-order valence-corrected chi connectivity index (χ3v) is 3.42. The smallest absolute Gasteiger partial charge is 0.339 e. The van der Waals surface area contributed by atoms with Crippen LogP contribution in [0.1, 0.15) is 21.5 Å². The molecule has 0 saturated heterocycles. The number of halogens is 3. The summed E-state index contributed by atoms with van der Waals surface area (Å²) in [6.45, 7) is 1.81. The number of carbonyl (C=O) groups is 1. The van der Waals surface area contributed by atoms with Crippen LogP contribution in [-0.2, 0) is 6.61 Å². The van der Waals surface area contributed by atoms with Crippen LogP contribution in [0.2, 0.25) is 10.0 Å². The minimum atomic E-state index is -1.20. The molecule has 0 aliphatic rings. The molecule has 3 nitrogen and oxygen atoms in total. The molecule has 2 rings (SSSR count). The van der Waals surface area contributed by atoms with Crippen molar-refractivity contribution in [3.05, 3.63) is 62.9 Å². The maximum absolute atomic E-state index is 13.2. The van der Waals surface area contributed by atoms with E-state index in [1.165, 1.54) is 24.3 Å². The van der Waals surface area contributed by atoms with Crippen molar-refractivity contribution in [3.63, 3.8) is 0 Å². The first-order valence-electron chi connectivity index (χ1n) is 5.98. The number of hydrogen-bond donors (Lipinski definition) is 1. The highest BCUT2D eigenvalue weighted by atomic mass is 35.5. The molecule has 0 radical (unpaired) electrons. The average molecular weight is 329 g/mol. The second-order valence-corrected chi connectivity index (χ2v) is 5.27. The summed E-state index contributed by atoms with van der Waals surface area (Å²) in [7, 11) is 0. The second kappa shape index (κ2) is 6.33. The van der Waals surface area contributed by atoms with E-state index in [1.807, 2.05) is 0 Å². The Morgan fingerprint density at radius 3 is 2.67 bits per heavy atom. The molecule has 0 aromatic heterocycles. The number of rotatable bonds is 4. The number of aromatic carboxylic acids is 1. The third kappa shape index (κ3) is 3.65. The van der Waals surface area contributed by atoms with Gasteiger partial charge >= 0.3 is 5.97 Å². The van der Waals surface area contributed by atoms with E-state index in [0.717, 1.165) is 5.56 Å². The topological polar surface area (TPSA) is 46.5 Å². The predicted molar refractivity (Wildman–Crippen MR) is 78.9 cm³/mol. The van der Waals surface area contributed by atoms with E-state index in [1.54, 1.807) is 13.0 Å². The average Bonchev–Trinajstić information content (AvgIpc) is 2.40. The summed E-state index contributed by atoms with van der Waals surface area (Å²) in [5, 5.41) is 9.45. The van der Waals surface area contributed by atoms with Gasteiger partial charge in [0.25, 0.3) is 0 Å². The molecule has 0 amide bonds. The van der Waals surface area contributed by atoms with Crippen molar-refractivity contribution in [1.29, 1.82) is 0 Å². The van der Waals surface area contributed by atoms with Crippen molar-refractivity contribution >= 4 is 29.2 Å². The lowest BCUT2D eigenvalue weighted by atomic mass is 10.1. The van der Waals surface area contributed by atoms with Gasteiger partial charge in [0.15, 0.2) is 5.75 Å². The minimum Gasteiger partial charge on any atom is -0.486 e. The van der Waals surface area contributed by atoms with Gasteiger partial charge in [-0.2, -0.15) is 0 Å². The first-order valence-corrected chi connectivity index (χ1v) is 6.74. The van der Waals surface area contributed by atoms with Crippen LogP contribution in [0.15, 0.2) is 30.3 Å². The van der Waals surface area contributed by atoms with Gasteiger partial charge in [-0.15, -0.1) is 0 Å². The van der Waals surface area contributed by atoms with Crippen LogP contribution in [0.5, 0.6) is 5.75 Å². The SMILES string of the molecule is Cc1ccc(F)cc1COc1c(Cl)cc(Cl)cc1C(=O)O. The number of carboxylic acid groups (broad SMARTS) is 1. The summed E-state index contributed by atoms with van der Waals surface area (Å²) in [6.07, 6.45) is 0. The molecule has 0 atom stereocenters. The Hall–Kier alpha value is -1.78. The third-order valence-electron chi connectivity index (χ3n) is 2.92. The van der Waals surface area contributed by atoms with Crippen molar-refractivity contribution in [2.24, 2.45) is 0 Å². The van der Waals surface area contributed by atoms with E-state index in [4.69, 9.17) is 33.0 Å². The molecule has 110 valence electrons. The quantitative estimate of drug-likeness (QED) is 0.883. The van der Waals surface area contributed by atoms with Crippen molar-refractivity contribution in [2.45, 2.75) is 13.5 Å². The molecule has 2 aromatic carbocycles. The zero-order chi connectivity index (χ0) is 15.6. The van der Waals surface area contributed by atoms with Gasteiger partial charge in [0, 0.05) is 5.02 Å². The molecule has 2 aromatic rings. The van der Waals surface area contributed by atoms with Crippen LogP contribution < -0.4 is 4.74 Å². The Labute approximate surface area is 130 Å². The molecule has 0 saturated carbocycles. The van der Waals surface area contributed by atoms with Crippen molar-refractivity contribution in [1.82, 2.24) is 0 Å². The minimum absolute atomic E-state index is 0.00518. The monoisotopic (exact) mass is 328 g/mol. The zero-order valence-corrected chi connectivity index (χ0v) is 12.5. The van der Waals surface area contributed by atoms with Gasteiger partial charge in [-0.25, -0.2) is 9.18 Å². The van der Waals surface area contributed by atoms with Gasteiger partial charge in [-0.3, -0.25) is 0 Å². The number of benzene rings is 2. The lowest BCUT2D eigenvalue weighted by Gasteiger charge is -2.13. The number of carboxylic acids is 1. The van der Waals surface area contributed by atoms with Gasteiger partial charge in [0.2, 0.25) is 0 Å². The molecule has 21 heavy (non-hydrogen) atoms. The Morgan fingerprint density at radius 1 is 1.29 bits per heavy atom. The summed E-state index contributed by atoms with van der Waals surface area (Å²) in [5.74, 6) is -1.58. The molecule has 0 aliphatic heterocycles. The molecule has 0 unspecified atom stereocenters. The molecule has 0 aliphatic carbocycles. The molecule has 6 heteroatoms. The summed E-state index contributed by atoms with van der Waals surface area (Å²) in [6, 6.07) is 6.94. The van der Waals surface area contributed by atoms with Crippen molar-refractivity contribution in [3.8, 4) is 5.75 Å². The lowest BCUT2D eigenvalue weighted by Crippen LogP contribution is -2.05. The normalized spacial score (nSPS) is 10.5. The lowest BCUT2D eigenvalue weighted by molar-refractivity contribution is 0.0691. The fourth-order valence-corrected chi connectivity index (χ4v) is 2.36. The highest BCUT2D eigenvalue weighted by molar-refractivity contribution is 6.36. The highest BCUT2D eigenvalue weighted by Crippen LogP contribution is 2.33. The highest BCUT2D eigenvalue weighted by Gasteiger charge is 2.17. The Morgan fingerprint density at radius 2 is 2.00 bits per heavy atom. The fourth-order valence-electron chi connectivity index (χ4n) is 1.81. The van der Waals surface area contributed by atoms with E-state index in [0.29, 0.717) is 5.56 Å². The molecule has 0 bridgehead atoms. The van der Waals surface area contributed by atoms with Gasteiger partial charge in [0.1, 0.15) is 18.0 Å². The fraction of sp³-hybridized carbons (Fsp3) is 0.133. The van der Waals surface area contributed by atoms with Crippen molar-refractivity contribution < 1.29 is 19.0 Å². The Balaban J connectivity index is 2.32. The van der Waals surface area contributed by atoms with Gasteiger partial charge in [-0.1, -0.05) is 29.3 Å². The van der Waals surface area contributed by atoms with E-state index >= 15 is 0 Å². The van der Waals surface area contributed by atoms with E-state index in [-0.39, 0.29) is 33.8 Å². The van der Waals surface area contributed by atoms with E-state index < -0.39 is 5.97 Å². The molecular weight excluding hydrogens is 318 g/mol. The van der Waals surface area contributed by atoms with Crippen molar-refractivity contribution in [2.75, 3.05) is 0 Å². The molecular formula is C15H11Cl2FO3. The summed E-state index contributed by atoms with van der Waals surface area (Å²) < 4.78 is 18.7. The predicted octanol–water partition coefficient (Wildman–Crippen LogP) is 4.72.